The number of ether oxygens (including phenoxy) is 1. The van der Waals surface area contributed by atoms with Gasteiger partial charge >= 0.3 is 6.03 Å². The van der Waals surface area contributed by atoms with E-state index in [2.05, 4.69) is 0 Å². The van der Waals surface area contributed by atoms with E-state index in [1.807, 2.05) is 49.9 Å². The Morgan fingerprint density at radius 3 is 2.45 bits per heavy atom. The quantitative estimate of drug-likeness (QED) is 0.859. The molecule has 2 rings (SSSR count). The van der Waals surface area contributed by atoms with Gasteiger partial charge in [-0.15, -0.1) is 0 Å². The van der Waals surface area contributed by atoms with E-state index >= 15 is 0 Å². The van der Waals surface area contributed by atoms with Gasteiger partial charge in [0.1, 0.15) is 0 Å². The number of carbonyl (C=O) groups excluding carboxylic acids is 1. The monoisotopic (exact) mass is 277 g/mol. The summed E-state index contributed by atoms with van der Waals surface area (Å²) in [7, 11) is 0. The summed E-state index contributed by atoms with van der Waals surface area (Å²) < 4.78 is 5.67. The Balaban J connectivity index is 1.91. The highest BCUT2D eigenvalue weighted by molar-refractivity contribution is 5.94. The van der Waals surface area contributed by atoms with Crippen LogP contribution in [0.1, 0.15) is 20.8 Å². The number of benzene rings is 1. The lowest BCUT2D eigenvalue weighted by atomic mass is 10.2. The van der Waals surface area contributed by atoms with Crippen LogP contribution in [0.2, 0.25) is 0 Å². The highest BCUT2D eigenvalue weighted by Crippen LogP contribution is 2.21. The summed E-state index contributed by atoms with van der Waals surface area (Å²) >= 11 is 0. The van der Waals surface area contributed by atoms with E-state index < -0.39 is 0 Å². The van der Waals surface area contributed by atoms with E-state index in [4.69, 9.17) is 10.5 Å². The summed E-state index contributed by atoms with van der Waals surface area (Å²) in [6.07, 6.45) is 0. The molecule has 1 saturated heterocycles. The Labute approximate surface area is 120 Å². The van der Waals surface area contributed by atoms with Crippen molar-refractivity contribution in [3.8, 4) is 0 Å². The molecular weight excluding hydrogens is 254 g/mol. The molecule has 1 aliphatic rings. The highest BCUT2D eigenvalue weighted by Gasteiger charge is 2.29. The number of amides is 2. The molecule has 1 aliphatic heterocycles. The van der Waals surface area contributed by atoms with Crippen molar-refractivity contribution in [3.63, 3.8) is 0 Å². The molecule has 0 radical (unpaired) electrons. The molecule has 0 atom stereocenters. The van der Waals surface area contributed by atoms with Crippen molar-refractivity contribution in [2.75, 3.05) is 36.9 Å². The van der Waals surface area contributed by atoms with Crippen LogP contribution in [0.5, 0.6) is 0 Å². The van der Waals surface area contributed by atoms with Crippen LogP contribution in [0, 0.1) is 0 Å². The van der Waals surface area contributed by atoms with Gasteiger partial charge < -0.3 is 15.4 Å². The molecule has 5 nitrogen and oxygen atoms in total. The molecule has 2 amide bonds. The van der Waals surface area contributed by atoms with E-state index in [0.29, 0.717) is 25.4 Å². The van der Waals surface area contributed by atoms with Gasteiger partial charge in [-0.05, 0) is 45.0 Å². The number of nitrogens with zero attached hydrogens (tertiary/aromatic N) is 2. The highest BCUT2D eigenvalue weighted by atomic mass is 16.5. The first-order chi connectivity index (χ1) is 9.37. The summed E-state index contributed by atoms with van der Waals surface area (Å²) in [5.74, 6) is 0. The fourth-order valence-corrected chi connectivity index (χ4v) is 2.15. The van der Waals surface area contributed by atoms with Gasteiger partial charge in [0.2, 0.25) is 0 Å². The van der Waals surface area contributed by atoms with Crippen molar-refractivity contribution in [2.24, 2.45) is 0 Å². The Bertz CT molecular complexity index is 465. The second kappa shape index (κ2) is 5.71. The standard InChI is InChI=1S/C15H23N3O2/c1-15(2,3)20-11-10-17-8-9-18(14(17)19)13-6-4-12(16)5-7-13/h4-7H,8-11,16H2,1-3H3. The van der Waals surface area contributed by atoms with Crippen LogP contribution in [0.3, 0.4) is 0 Å². The molecule has 110 valence electrons. The second-order valence-electron chi connectivity index (χ2n) is 5.97. The molecule has 0 bridgehead atoms. The lowest BCUT2D eigenvalue weighted by Gasteiger charge is -2.23. The molecule has 0 saturated carbocycles. The number of nitrogen functional groups attached to an aromatic ring is 1. The maximum Gasteiger partial charge on any atom is 0.324 e. The van der Waals surface area contributed by atoms with Crippen molar-refractivity contribution in [1.29, 1.82) is 0 Å². The Kier molecular flexibility index (Phi) is 4.18. The average molecular weight is 277 g/mol. The number of anilines is 2. The predicted octanol–water partition coefficient (Wildman–Crippen LogP) is 2.33. The van der Waals surface area contributed by atoms with E-state index in [9.17, 15) is 4.79 Å². The summed E-state index contributed by atoms with van der Waals surface area (Å²) in [5.41, 5.74) is 7.09. The zero-order valence-corrected chi connectivity index (χ0v) is 12.4. The van der Waals surface area contributed by atoms with Gasteiger partial charge in [-0.2, -0.15) is 0 Å². The molecule has 0 spiro atoms. The largest absolute Gasteiger partial charge is 0.399 e. The van der Waals surface area contributed by atoms with Crippen molar-refractivity contribution >= 4 is 17.4 Å². The number of hydrogen-bond acceptors (Lipinski definition) is 3. The van der Waals surface area contributed by atoms with Gasteiger partial charge in [-0.25, -0.2) is 4.79 Å². The zero-order chi connectivity index (χ0) is 14.8. The van der Waals surface area contributed by atoms with Crippen LogP contribution in [0.4, 0.5) is 16.2 Å². The van der Waals surface area contributed by atoms with Crippen molar-refractivity contribution in [1.82, 2.24) is 4.90 Å². The van der Waals surface area contributed by atoms with Crippen LogP contribution in [0.25, 0.3) is 0 Å². The maximum atomic E-state index is 12.3. The third-order valence-corrected chi connectivity index (χ3v) is 3.20. The van der Waals surface area contributed by atoms with Crippen LogP contribution < -0.4 is 10.6 Å². The van der Waals surface area contributed by atoms with Crippen molar-refractivity contribution in [3.05, 3.63) is 24.3 Å². The second-order valence-corrected chi connectivity index (χ2v) is 5.97. The Morgan fingerprint density at radius 2 is 1.85 bits per heavy atom. The molecule has 0 unspecified atom stereocenters. The number of rotatable bonds is 4. The fraction of sp³-hybridized carbons (Fsp3) is 0.533. The van der Waals surface area contributed by atoms with E-state index in [1.165, 1.54) is 0 Å². The molecule has 1 aromatic rings. The lowest BCUT2D eigenvalue weighted by Crippen LogP contribution is -2.35. The topological polar surface area (TPSA) is 58.8 Å². The first-order valence-electron chi connectivity index (χ1n) is 6.93. The molecule has 1 aromatic carbocycles. The number of hydrogen-bond donors (Lipinski definition) is 1. The Hall–Kier alpha value is -1.75. The predicted molar refractivity (Wildman–Crippen MR) is 80.9 cm³/mol. The molecule has 20 heavy (non-hydrogen) atoms. The van der Waals surface area contributed by atoms with Crippen LogP contribution in [-0.2, 0) is 4.74 Å². The van der Waals surface area contributed by atoms with E-state index in [-0.39, 0.29) is 11.6 Å². The molecule has 1 fully saturated rings. The minimum absolute atomic E-state index is 0.0345. The minimum atomic E-state index is -0.167. The SMILES string of the molecule is CC(C)(C)OCCN1CCN(c2ccc(N)cc2)C1=O. The van der Waals surface area contributed by atoms with Gasteiger partial charge in [0.05, 0.1) is 12.2 Å². The van der Waals surface area contributed by atoms with Gasteiger partial charge in [-0.1, -0.05) is 0 Å². The first-order valence-corrected chi connectivity index (χ1v) is 6.93. The molecular formula is C15H23N3O2. The normalized spacial score (nSPS) is 16.1. The third-order valence-electron chi connectivity index (χ3n) is 3.20. The summed E-state index contributed by atoms with van der Waals surface area (Å²) in [6, 6.07) is 7.42. The average Bonchev–Trinajstić information content (AvgIpc) is 2.71. The van der Waals surface area contributed by atoms with Crippen molar-refractivity contribution in [2.45, 2.75) is 26.4 Å². The van der Waals surface area contributed by atoms with Crippen LogP contribution >= 0.6 is 0 Å². The van der Waals surface area contributed by atoms with Gasteiger partial charge in [0.25, 0.3) is 0 Å². The Morgan fingerprint density at radius 1 is 1.20 bits per heavy atom. The lowest BCUT2D eigenvalue weighted by molar-refractivity contribution is -0.00806. The van der Waals surface area contributed by atoms with E-state index in [1.54, 1.807) is 4.90 Å². The number of carbonyl (C=O) groups is 1. The summed E-state index contributed by atoms with van der Waals surface area (Å²) in [5, 5.41) is 0. The zero-order valence-electron chi connectivity index (χ0n) is 12.4. The smallest absolute Gasteiger partial charge is 0.324 e. The fourth-order valence-electron chi connectivity index (χ4n) is 2.15. The minimum Gasteiger partial charge on any atom is -0.399 e. The van der Waals surface area contributed by atoms with Gasteiger partial charge in [0, 0.05) is 31.0 Å². The van der Waals surface area contributed by atoms with Crippen LogP contribution in [-0.4, -0.2) is 42.8 Å². The maximum absolute atomic E-state index is 12.3. The molecule has 0 aromatic heterocycles. The number of urea groups is 1. The molecule has 2 N–H and O–H groups in total. The summed E-state index contributed by atoms with van der Waals surface area (Å²) in [6.45, 7) is 8.67. The third kappa shape index (κ3) is 3.63. The molecule has 5 heteroatoms. The van der Waals surface area contributed by atoms with Crippen molar-refractivity contribution < 1.29 is 9.53 Å². The van der Waals surface area contributed by atoms with Crippen LogP contribution in [0.15, 0.2) is 24.3 Å². The molecule has 0 aliphatic carbocycles. The van der Waals surface area contributed by atoms with Gasteiger partial charge in [-0.3, -0.25) is 4.90 Å². The first kappa shape index (κ1) is 14.7. The van der Waals surface area contributed by atoms with Gasteiger partial charge in [0.15, 0.2) is 0 Å². The summed E-state index contributed by atoms with van der Waals surface area (Å²) in [4.78, 5) is 15.9. The van der Waals surface area contributed by atoms with E-state index in [0.717, 1.165) is 12.2 Å². The number of nitrogens with two attached hydrogens (primary N) is 1. The molecule has 1 heterocycles.